The van der Waals surface area contributed by atoms with Crippen molar-refractivity contribution in [2.75, 3.05) is 0 Å². The number of H-pyrrole nitrogens is 2. The molecule has 1 aliphatic rings. The number of tetrazole rings is 1. The van der Waals surface area contributed by atoms with E-state index in [0.29, 0.717) is 16.8 Å². The highest BCUT2D eigenvalue weighted by Gasteiger charge is 2.16. The maximum absolute atomic E-state index is 12.6. The number of rotatable bonds is 1. The summed E-state index contributed by atoms with van der Waals surface area (Å²) in [4.78, 5) is 15.8. The zero-order valence-corrected chi connectivity index (χ0v) is 11.3. The van der Waals surface area contributed by atoms with Crippen LogP contribution in [-0.4, -0.2) is 31.1 Å². The Morgan fingerprint density at radius 3 is 2.81 bits per heavy atom. The third-order valence-corrected chi connectivity index (χ3v) is 3.97. The minimum Gasteiger partial charge on any atom is -0.412 e. The van der Waals surface area contributed by atoms with Crippen LogP contribution in [0.15, 0.2) is 23.1 Å². The Hall–Kier alpha value is -2.54. The van der Waals surface area contributed by atoms with Crippen LogP contribution in [0.4, 0.5) is 0 Å². The first-order valence-corrected chi connectivity index (χ1v) is 6.74. The number of hydrogen-bond donors (Lipinski definition) is 2. The molecular weight excluding hydrogens is 270 g/mol. The predicted octanol–water partition coefficient (Wildman–Crippen LogP) is 0.762. The summed E-state index contributed by atoms with van der Waals surface area (Å²) in [5.74, 6) is 0.325. The third kappa shape index (κ3) is 2.02. The van der Waals surface area contributed by atoms with Crippen LogP contribution in [0.2, 0.25) is 0 Å². The highest BCUT2D eigenvalue weighted by atomic mass is 16.1. The molecule has 1 aliphatic carbocycles. The van der Waals surface area contributed by atoms with E-state index in [4.69, 9.17) is 0 Å². The first-order valence-electron chi connectivity index (χ1n) is 6.74. The van der Waals surface area contributed by atoms with Gasteiger partial charge in [-0.2, -0.15) is 5.21 Å². The Morgan fingerprint density at radius 2 is 2.00 bits per heavy atom. The first-order chi connectivity index (χ1) is 9.84. The lowest BCUT2D eigenvalue weighted by Crippen LogP contribution is -2.11. The second kappa shape index (κ2) is 5.10. The van der Waals surface area contributed by atoms with E-state index in [0.717, 1.165) is 18.4 Å². The summed E-state index contributed by atoms with van der Waals surface area (Å²) in [5.41, 5.74) is 3.99. The molecule has 0 saturated carbocycles. The number of benzene rings is 1. The molecule has 3 aromatic rings. The number of fused-ring (bicyclic) bond motifs is 3. The van der Waals surface area contributed by atoms with Gasteiger partial charge in [-0.25, -0.2) is 0 Å². The molecule has 4 rings (SSSR count). The van der Waals surface area contributed by atoms with Crippen molar-refractivity contribution in [3.63, 3.8) is 0 Å². The number of pyridine rings is 1. The molecule has 0 fully saturated rings. The molecule has 0 amide bonds. The molecule has 0 spiro atoms. The molecule has 2 heterocycles. The van der Waals surface area contributed by atoms with Crippen molar-refractivity contribution in [1.29, 1.82) is 0 Å². The standard InChI is InChI=1S/C14H13N5O.H2O/c20-13-10-6-5-8-3-1-2-4-9(8)12(10)15-7-11(13)14-16-18-19-17-14;/h5-7H,1-4H2,(H,15,20)(H,16,17,18,19);1H2. The van der Waals surface area contributed by atoms with Crippen molar-refractivity contribution in [1.82, 2.24) is 25.6 Å². The van der Waals surface area contributed by atoms with Gasteiger partial charge in [-0.1, -0.05) is 6.07 Å². The number of hydrogen-bond acceptors (Lipinski definition) is 4. The van der Waals surface area contributed by atoms with Gasteiger partial charge >= 0.3 is 0 Å². The van der Waals surface area contributed by atoms with E-state index in [1.807, 2.05) is 6.07 Å². The Labute approximate surface area is 119 Å². The van der Waals surface area contributed by atoms with Crippen molar-refractivity contribution >= 4 is 10.9 Å². The first kappa shape index (κ1) is 13.4. The van der Waals surface area contributed by atoms with Crippen molar-refractivity contribution < 1.29 is 5.48 Å². The molecule has 4 N–H and O–H groups in total. The van der Waals surface area contributed by atoms with Gasteiger partial charge in [0, 0.05) is 11.6 Å². The molecule has 7 nitrogen and oxygen atoms in total. The number of aromatic amines is 2. The van der Waals surface area contributed by atoms with Crippen molar-refractivity contribution in [2.24, 2.45) is 0 Å². The lowest BCUT2D eigenvalue weighted by atomic mass is 9.89. The Kier molecular flexibility index (Phi) is 3.26. The number of aromatic nitrogens is 5. The SMILES string of the molecule is O.O=c1c(-c2nn[nH]n2)c[nH]c2c3c(ccc12)CCCC3. The molecule has 7 heteroatoms. The monoisotopic (exact) mass is 285 g/mol. The summed E-state index contributed by atoms with van der Waals surface area (Å²) in [6.07, 6.45) is 6.22. The van der Waals surface area contributed by atoms with Crippen LogP contribution in [0.3, 0.4) is 0 Å². The maximum Gasteiger partial charge on any atom is 0.210 e. The molecule has 0 atom stereocenters. The van der Waals surface area contributed by atoms with Gasteiger partial charge in [0.15, 0.2) is 0 Å². The molecule has 0 saturated heterocycles. The Bertz CT molecular complexity index is 838. The zero-order valence-electron chi connectivity index (χ0n) is 11.3. The Morgan fingerprint density at radius 1 is 1.14 bits per heavy atom. The molecular formula is C14H15N5O2. The summed E-state index contributed by atoms with van der Waals surface area (Å²) in [6.45, 7) is 0. The topological polar surface area (TPSA) is 119 Å². The van der Waals surface area contributed by atoms with Crippen LogP contribution in [-0.2, 0) is 12.8 Å². The van der Waals surface area contributed by atoms with E-state index in [-0.39, 0.29) is 10.9 Å². The summed E-state index contributed by atoms with van der Waals surface area (Å²) in [7, 11) is 0. The third-order valence-electron chi connectivity index (χ3n) is 3.97. The van der Waals surface area contributed by atoms with E-state index >= 15 is 0 Å². The van der Waals surface area contributed by atoms with Crippen molar-refractivity contribution in [3.05, 3.63) is 39.7 Å². The molecule has 1 aromatic carbocycles. The summed E-state index contributed by atoms with van der Waals surface area (Å²) in [6, 6.07) is 3.98. The highest BCUT2D eigenvalue weighted by molar-refractivity contribution is 5.86. The quantitative estimate of drug-likeness (QED) is 0.686. The van der Waals surface area contributed by atoms with Crippen LogP contribution in [0.5, 0.6) is 0 Å². The van der Waals surface area contributed by atoms with E-state index in [2.05, 4.69) is 31.7 Å². The van der Waals surface area contributed by atoms with Gasteiger partial charge in [0.1, 0.15) is 0 Å². The lowest BCUT2D eigenvalue weighted by Gasteiger charge is -2.17. The van der Waals surface area contributed by atoms with Crippen molar-refractivity contribution in [3.8, 4) is 11.4 Å². The van der Waals surface area contributed by atoms with Crippen LogP contribution >= 0.6 is 0 Å². The van der Waals surface area contributed by atoms with Crippen LogP contribution in [0.25, 0.3) is 22.3 Å². The van der Waals surface area contributed by atoms with Crippen LogP contribution < -0.4 is 5.43 Å². The van der Waals surface area contributed by atoms with Gasteiger partial charge in [-0.05, 0) is 48.1 Å². The molecule has 0 radical (unpaired) electrons. The highest BCUT2D eigenvalue weighted by Crippen LogP contribution is 2.27. The number of aryl methyl sites for hydroxylation is 2. The minimum atomic E-state index is -0.0477. The van der Waals surface area contributed by atoms with Crippen LogP contribution in [0.1, 0.15) is 24.0 Å². The average molecular weight is 285 g/mol. The second-order valence-corrected chi connectivity index (χ2v) is 5.10. The molecule has 0 unspecified atom stereocenters. The van der Waals surface area contributed by atoms with E-state index < -0.39 is 0 Å². The number of nitrogens with one attached hydrogen (secondary N) is 2. The molecule has 21 heavy (non-hydrogen) atoms. The fourth-order valence-corrected chi connectivity index (χ4v) is 2.98. The summed E-state index contributed by atoms with van der Waals surface area (Å²) >= 11 is 0. The van der Waals surface area contributed by atoms with Gasteiger partial charge in [0.25, 0.3) is 0 Å². The summed E-state index contributed by atoms with van der Waals surface area (Å²) in [5, 5.41) is 14.3. The van der Waals surface area contributed by atoms with E-state index in [1.165, 1.54) is 24.0 Å². The predicted molar refractivity (Wildman–Crippen MR) is 78.0 cm³/mol. The second-order valence-electron chi connectivity index (χ2n) is 5.10. The minimum absolute atomic E-state index is 0. The molecule has 0 bridgehead atoms. The largest absolute Gasteiger partial charge is 0.412 e. The van der Waals surface area contributed by atoms with Crippen molar-refractivity contribution in [2.45, 2.75) is 25.7 Å². The average Bonchev–Trinajstić information content (AvgIpc) is 3.01. The molecule has 2 aromatic heterocycles. The van der Waals surface area contributed by atoms with E-state index in [9.17, 15) is 4.79 Å². The fourth-order valence-electron chi connectivity index (χ4n) is 2.98. The maximum atomic E-state index is 12.6. The van der Waals surface area contributed by atoms with E-state index in [1.54, 1.807) is 6.20 Å². The van der Waals surface area contributed by atoms with Gasteiger partial charge in [0.2, 0.25) is 11.3 Å². The zero-order chi connectivity index (χ0) is 13.5. The lowest BCUT2D eigenvalue weighted by molar-refractivity contribution is 0.689. The Balaban J connectivity index is 0.00000132. The van der Waals surface area contributed by atoms with Gasteiger partial charge in [0.05, 0.1) is 11.1 Å². The van der Waals surface area contributed by atoms with Gasteiger partial charge in [-0.3, -0.25) is 4.79 Å². The van der Waals surface area contributed by atoms with Gasteiger partial charge < -0.3 is 10.5 Å². The normalized spacial score (nSPS) is 13.7. The van der Waals surface area contributed by atoms with Crippen LogP contribution in [0, 0.1) is 0 Å². The smallest absolute Gasteiger partial charge is 0.210 e. The molecule has 108 valence electrons. The summed E-state index contributed by atoms with van der Waals surface area (Å²) < 4.78 is 0. The fraction of sp³-hybridized carbons (Fsp3) is 0.286. The van der Waals surface area contributed by atoms with Gasteiger partial charge in [-0.15, -0.1) is 10.2 Å². The molecule has 0 aliphatic heterocycles. The number of nitrogens with zero attached hydrogens (tertiary/aromatic N) is 3.